The van der Waals surface area contributed by atoms with Crippen LogP contribution in [0.3, 0.4) is 0 Å². The van der Waals surface area contributed by atoms with Crippen LogP contribution in [-0.4, -0.2) is 27.7 Å². The van der Waals surface area contributed by atoms with E-state index in [0.29, 0.717) is 18.2 Å². The number of nitrogens with zero attached hydrogens (tertiary/aromatic N) is 2. The summed E-state index contributed by atoms with van der Waals surface area (Å²) >= 11 is 0. The lowest BCUT2D eigenvalue weighted by atomic mass is 10.0. The Balaban J connectivity index is 1.34. The van der Waals surface area contributed by atoms with Gasteiger partial charge in [-0.15, -0.1) is 0 Å². The molecule has 1 fully saturated rings. The second-order valence-electron chi connectivity index (χ2n) is 9.03. The summed E-state index contributed by atoms with van der Waals surface area (Å²) in [5.74, 6) is 0.877. The van der Waals surface area contributed by atoms with Crippen molar-refractivity contribution < 1.29 is 23.9 Å². The fourth-order valence-corrected chi connectivity index (χ4v) is 4.36. The lowest BCUT2D eigenvalue weighted by molar-refractivity contribution is -0.139. The number of carboxylic acid groups (broad SMARTS) is 1. The number of hydroxylamine groups is 2. The zero-order valence-electron chi connectivity index (χ0n) is 20.5. The van der Waals surface area contributed by atoms with Crippen LogP contribution in [0.5, 0.6) is 5.75 Å². The summed E-state index contributed by atoms with van der Waals surface area (Å²) in [5, 5.41) is 10.9. The molecular weight excluding hydrogens is 456 g/mol. The smallest absolute Gasteiger partial charge is 0.341 e. The van der Waals surface area contributed by atoms with Crippen molar-refractivity contribution in [2.45, 2.75) is 39.5 Å². The van der Waals surface area contributed by atoms with E-state index in [2.05, 4.69) is 17.1 Å². The number of aryl methyl sites for hydroxylation is 3. The molecular formula is C29H28N2O5. The first kappa shape index (κ1) is 23.8. The van der Waals surface area contributed by atoms with Crippen LogP contribution in [0, 0.1) is 20.8 Å². The first-order valence-corrected chi connectivity index (χ1v) is 11.9. The largest absolute Gasteiger partial charge is 0.482 e. The highest BCUT2D eigenvalue weighted by Gasteiger charge is 2.51. The van der Waals surface area contributed by atoms with Gasteiger partial charge < -0.3 is 14.3 Å². The van der Waals surface area contributed by atoms with Gasteiger partial charge in [0.05, 0.1) is 12.1 Å². The molecule has 7 heteroatoms. The Morgan fingerprint density at radius 2 is 1.69 bits per heavy atom. The molecule has 1 aromatic heterocycles. The number of rotatable bonds is 9. The van der Waals surface area contributed by atoms with E-state index in [9.17, 15) is 4.79 Å². The predicted octanol–water partition coefficient (Wildman–Crippen LogP) is 5.96. The highest BCUT2D eigenvalue weighted by atomic mass is 16.7. The number of oxazole rings is 1. The van der Waals surface area contributed by atoms with E-state index in [-0.39, 0.29) is 18.7 Å². The van der Waals surface area contributed by atoms with E-state index in [4.69, 9.17) is 19.1 Å². The number of benzene rings is 3. The van der Waals surface area contributed by atoms with E-state index >= 15 is 0 Å². The molecule has 2 heterocycles. The molecule has 184 valence electrons. The number of carboxylic acids is 1. The lowest BCUT2D eigenvalue weighted by Gasteiger charge is -2.09. The van der Waals surface area contributed by atoms with Crippen molar-refractivity contribution in [3.63, 3.8) is 0 Å². The first-order chi connectivity index (χ1) is 17.4. The van der Waals surface area contributed by atoms with Crippen LogP contribution in [-0.2, 0) is 16.2 Å². The van der Waals surface area contributed by atoms with E-state index in [0.717, 1.165) is 33.7 Å². The van der Waals surface area contributed by atoms with Crippen molar-refractivity contribution >= 4 is 5.97 Å². The number of aromatic nitrogens is 1. The summed E-state index contributed by atoms with van der Waals surface area (Å²) in [6.45, 7) is 5.78. The number of ether oxygens (including phenoxy) is 1. The van der Waals surface area contributed by atoms with Crippen LogP contribution < -0.4 is 4.74 Å². The van der Waals surface area contributed by atoms with E-state index in [1.165, 1.54) is 5.56 Å². The van der Waals surface area contributed by atoms with E-state index in [1.54, 1.807) is 0 Å². The molecule has 0 bridgehead atoms. The summed E-state index contributed by atoms with van der Waals surface area (Å²) in [6.07, 6.45) is 0. The third-order valence-corrected chi connectivity index (χ3v) is 6.33. The molecule has 3 atom stereocenters. The van der Waals surface area contributed by atoms with Crippen LogP contribution in [0.2, 0.25) is 0 Å². The minimum absolute atomic E-state index is 0.0170. The van der Waals surface area contributed by atoms with Gasteiger partial charge in [-0.3, -0.25) is 4.84 Å². The number of hydrogen-bond acceptors (Lipinski definition) is 6. The van der Waals surface area contributed by atoms with Crippen LogP contribution in [0.25, 0.3) is 11.5 Å². The Bertz CT molecular complexity index is 1360. The van der Waals surface area contributed by atoms with Gasteiger partial charge in [0.2, 0.25) is 5.89 Å². The number of carbonyl (C=O) groups is 1. The molecule has 4 aromatic rings. The molecule has 0 amide bonds. The average Bonchev–Trinajstić information content (AvgIpc) is 3.48. The van der Waals surface area contributed by atoms with Gasteiger partial charge in [0.1, 0.15) is 23.8 Å². The molecule has 3 aromatic carbocycles. The van der Waals surface area contributed by atoms with Crippen LogP contribution in [0.1, 0.15) is 45.8 Å². The van der Waals surface area contributed by atoms with Gasteiger partial charge in [-0.05, 0) is 55.7 Å². The first-order valence-electron chi connectivity index (χ1n) is 11.9. The van der Waals surface area contributed by atoms with Crippen molar-refractivity contribution in [1.82, 2.24) is 10.0 Å². The van der Waals surface area contributed by atoms with Gasteiger partial charge in [-0.2, -0.15) is 5.06 Å². The van der Waals surface area contributed by atoms with Crippen molar-refractivity contribution in [3.05, 3.63) is 107 Å². The standard InChI is InChI=1S/C29H28N2O5/c1-18-9-11-22(12-10-18)29-30-24(20(3)36-29)16-35-31-27(21-7-5-4-6-8-21)28(31)23-13-14-25(19(2)15-23)34-17-26(32)33/h4-15,27-28H,16-17H2,1-3H3,(H,32,33). The average molecular weight is 485 g/mol. The van der Waals surface area contributed by atoms with Gasteiger partial charge in [0.25, 0.3) is 0 Å². The molecule has 7 nitrogen and oxygen atoms in total. The molecule has 1 aliphatic rings. The Kier molecular flexibility index (Phi) is 6.59. The van der Waals surface area contributed by atoms with Gasteiger partial charge in [-0.25, -0.2) is 9.78 Å². The SMILES string of the molecule is Cc1ccc(-c2nc(CON3C(c4ccccc4)C3c3ccc(OCC(=O)O)c(C)c3)c(C)o2)cc1. The Hall–Kier alpha value is -3.94. The molecule has 0 saturated carbocycles. The fourth-order valence-electron chi connectivity index (χ4n) is 4.36. The maximum absolute atomic E-state index is 10.9. The predicted molar refractivity (Wildman–Crippen MR) is 134 cm³/mol. The van der Waals surface area contributed by atoms with Gasteiger partial charge in [0.15, 0.2) is 6.61 Å². The quantitative estimate of drug-likeness (QED) is 0.293. The maximum atomic E-state index is 10.9. The molecule has 0 spiro atoms. The highest BCUT2D eigenvalue weighted by molar-refractivity contribution is 5.68. The number of hydrogen-bond donors (Lipinski definition) is 1. The van der Waals surface area contributed by atoms with E-state index in [1.807, 2.05) is 86.5 Å². The van der Waals surface area contributed by atoms with Crippen molar-refractivity contribution in [2.24, 2.45) is 0 Å². The highest BCUT2D eigenvalue weighted by Crippen LogP contribution is 2.55. The maximum Gasteiger partial charge on any atom is 0.341 e. The topological polar surface area (TPSA) is 84.8 Å². The molecule has 1 saturated heterocycles. The van der Waals surface area contributed by atoms with Gasteiger partial charge >= 0.3 is 5.97 Å². The van der Waals surface area contributed by atoms with Crippen molar-refractivity contribution in [3.8, 4) is 17.2 Å². The Morgan fingerprint density at radius 1 is 0.972 bits per heavy atom. The third kappa shape index (κ3) is 5.03. The normalized spacial score (nSPS) is 18.7. The van der Waals surface area contributed by atoms with Crippen LogP contribution in [0.15, 0.2) is 77.2 Å². The zero-order chi connectivity index (χ0) is 25.2. The minimum atomic E-state index is -1.00. The molecule has 5 rings (SSSR count). The Labute approximate surface area is 209 Å². The second kappa shape index (κ2) is 9.97. The Morgan fingerprint density at radius 3 is 2.39 bits per heavy atom. The minimum Gasteiger partial charge on any atom is -0.482 e. The molecule has 1 N–H and O–H groups in total. The van der Waals surface area contributed by atoms with Gasteiger partial charge in [-0.1, -0.05) is 60.2 Å². The molecule has 0 radical (unpaired) electrons. The van der Waals surface area contributed by atoms with Crippen LogP contribution in [0.4, 0.5) is 0 Å². The zero-order valence-corrected chi connectivity index (χ0v) is 20.5. The van der Waals surface area contributed by atoms with Crippen LogP contribution >= 0.6 is 0 Å². The summed E-state index contributed by atoms with van der Waals surface area (Å²) in [5.41, 5.74) is 5.98. The van der Waals surface area contributed by atoms with Gasteiger partial charge in [0, 0.05) is 5.56 Å². The monoisotopic (exact) mass is 484 g/mol. The number of aliphatic carboxylic acids is 1. The summed E-state index contributed by atoms with van der Waals surface area (Å²) in [4.78, 5) is 21.8. The molecule has 1 aliphatic heterocycles. The molecule has 0 aliphatic carbocycles. The second-order valence-corrected chi connectivity index (χ2v) is 9.03. The molecule has 3 unspecified atom stereocenters. The summed E-state index contributed by atoms with van der Waals surface area (Å²) in [7, 11) is 0. The van der Waals surface area contributed by atoms with Crippen molar-refractivity contribution in [1.29, 1.82) is 0 Å². The summed E-state index contributed by atoms with van der Waals surface area (Å²) in [6, 6.07) is 24.2. The fraction of sp³-hybridized carbons (Fsp3) is 0.241. The van der Waals surface area contributed by atoms with Crippen molar-refractivity contribution in [2.75, 3.05) is 6.61 Å². The summed E-state index contributed by atoms with van der Waals surface area (Å²) < 4.78 is 11.3. The third-order valence-electron chi connectivity index (χ3n) is 6.33. The molecule has 36 heavy (non-hydrogen) atoms. The van der Waals surface area contributed by atoms with E-state index < -0.39 is 5.97 Å². The lowest BCUT2D eigenvalue weighted by Crippen LogP contribution is -2.10.